The Morgan fingerprint density at radius 3 is 1.60 bits per heavy atom. The van der Waals surface area contributed by atoms with Crippen molar-refractivity contribution < 1.29 is 0 Å². The molecule has 0 spiro atoms. The summed E-state index contributed by atoms with van der Waals surface area (Å²) in [5.74, 6) is 0. The monoisotopic (exact) mass is 210 g/mol. The molecule has 0 N–H and O–H groups in total. The van der Waals surface area contributed by atoms with Crippen LogP contribution in [0.15, 0.2) is 11.3 Å². The number of hydrazine groups is 1. The van der Waals surface area contributed by atoms with Crippen LogP contribution in [0.25, 0.3) is 0 Å². The van der Waals surface area contributed by atoms with Gasteiger partial charge in [-0.2, -0.15) is 0 Å². The lowest BCUT2D eigenvalue weighted by atomic mass is 9.79. The Kier molecular flexibility index (Phi) is 2.94. The van der Waals surface area contributed by atoms with Crippen LogP contribution in [0.4, 0.5) is 0 Å². The van der Waals surface area contributed by atoms with Gasteiger partial charge in [0, 0.05) is 31.8 Å². The van der Waals surface area contributed by atoms with Gasteiger partial charge in [-0.05, 0) is 11.0 Å². The van der Waals surface area contributed by atoms with Gasteiger partial charge in [-0.25, -0.2) is 5.01 Å². The normalized spacial score (nSPS) is 20.4. The van der Waals surface area contributed by atoms with Gasteiger partial charge < -0.3 is 5.01 Å². The van der Waals surface area contributed by atoms with E-state index in [4.69, 9.17) is 0 Å². The summed E-state index contributed by atoms with van der Waals surface area (Å²) >= 11 is 0. The molecule has 0 aromatic carbocycles. The molecule has 1 rings (SSSR count). The number of nitrogens with zero attached hydrogens (tertiary/aromatic N) is 2. The molecule has 1 heterocycles. The number of rotatable bonds is 0. The van der Waals surface area contributed by atoms with E-state index in [9.17, 15) is 0 Å². The van der Waals surface area contributed by atoms with Crippen LogP contribution in [-0.4, -0.2) is 30.7 Å². The zero-order valence-electron chi connectivity index (χ0n) is 11.6. The predicted molar refractivity (Wildman–Crippen MR) is 66.3 cm³/mol. The van der Waals surface area contributed by atoms with E-state index in [0.29, 0.717) is 0 Å². The lowest BCUT2D eigenvalue weighted by molar-refractivity contribution is 0.0798. The van der Waals surface area contributed by atoms with Crippen molar-refractivity contribution in [2.75, 3.05) is 20.6 Å². The first-order valence-electron chi connectivity index (χ1n) is 5.74. The minimum Gasteiger partial charge on any atom is -0.312 e. The van der Waals surface area contributed by atoms with Crippen LogP contribution in [0.2, 0.25) is 0 Å². The maximum absolute atomic E-state index is 2.31. The van der Waals surface area contributed by atoms with Gasteiger partial charge in [0.25, 0.3) is 0 Å². The maximum Gasteiger partial charge on any atom is 0.0413 e. The van der Waals surface area contributed by atoms with Gasteiger partial charge >= 0.3 is 0 Å². The van der Waals surface area contributed by atoms with Crippen molar-refractivity contribution in [2.45, 2.75) is 41.5 Å². The van der Waals surface area contributed by atoms with E-state index in [2.05, 4.69) is 65.7 Å². The molecule has 0 saturated heterocycles. The third-order valence-electron chi connectivity index (χ3n) is 3.12. The number of likely N-dealkylation sites (N-methyl/N-ethyl adjacent to an activating group) is 1. The van der Waals surface area contributed by atoms with Crippen molar-refractivity contribution in [2.24, 2.45) is 10.8 Å². The second-order valence-electron chi connectivity index (χ2n) is 6.67. The molecule has 0 aromatic heterocycles. The summed E-state index contributed by atoms with van der Waals surface area (Å²) in [5.41, 5.74) is 3.54. The summed E-state index contributed by atoms with van der Waals surface area (Å²) in [4.78, 5) is 0. The molecule has 0 fully saturated rings. The fourth-order valence-electron chi connectivity index (χ4n) is 2.31. The Morgan fingerprint density at radius 2 is 1.33 bits per heavy atom. The fraction of sp³-hybridized carbons (Fsp3) is 0.846. The van der Waals surface area contributed by atoms with Gasteiger partial charge in [-0.3, -0.25) is 0 Å². The molecular formula is C13H26N2. The summed E-state index contributed by atoms with van der Waals surface area (Å²) in [6, 6.07) is 0. The van der Waals surface area contributed by atoms with E-state index in [1.54, 1.807) is 5.57 Å². The summed E-state index contributed by atoms with van der Waals surface area (Å²) in [6.07, 6.45) is 0. The minimum atomic E-state index is 0.224. The highest BCUT2D eigenvalue weighted by atomic mass is 15.6. The minimum absolute atomic E-state index is 0.224. The first-order valence-corrected chi connectivity index (χ1v) is 5.74. The van der Waals surface area contributed by atoms with Crippen LogP contribution in [0.5, 0.6) is 0 Å². The molecule has 15 heavy (non-hydrogen) atoms. The van der Waals surface area contributed by atoms with Gasteiger partial charge in [-0.15, -0.1) is 0 Å². The molecule has 2 nitrogen and oxygen atoms in total. The van der Waals surface area contributed by atoms with E-state index < -0.39 is 0 Å². The van der Waals surface area contributed by atoms with Crippen molar-refractivity contribution in [3.8, 4) is 0 Å². The topological polar surface area (TPSA) is 6.48 Å². The van der Waals surface area contributed by atoms with Gasteiger partial charge in [0.2, 0.25) is 0 Å². The van der Waals surface area contributed by atoms with Crippen LogP contribution in [0, 0.1) is 10.8 Å². The lowest BCUT2D eigenvalue weighted by Crippen LogP contribution is -2.34. The Morgan fingerprint density at radius 1 is 0.867 bits per heavy atom. The first kappa shape index (κ1) is 12.6. The molecule has 0 radical (unpaired) electrons. The molecule has 0 bridgehead atoms. The Hall–Kier alpha value is -0.500. The van der Waals surface area contributed by atoms with E-state index in [0.717, 1.165) is 6.54 Å². The molecule has 2 heteroatoms. The van der Waals surface area contributed by atoms with Gasteiger partial charge in [-0.1, -0.05) is 41.5 Å². The molecule has 0 unspecified atom stereocenters. The van der Waals surface area contributed by atoms with Gasteiger partial charge in [0.05, 0.1) is 0 Å². The molecule has 0 aromatic rings. The average molecular weight is 210 g/mol. The fourth-order valence-corrected chi connectivity index (χ4v) is 2.31. The second kappa shape index (κ2) is 3.51. The quantitative estimate of drug-likeness (QED) is 0.606. The van der Waals surface area contributed by atoms with E-state index in [1.165, 1.54) is 5.70 Å². The van der Waals surface area contributed by atoms with Crippen LogP contribution in [0.1, 0.15) is 41.5 Å². The summed E-state index contributed by atoms with van der Waals surface area (Å²) < 4.78 is 0. The standard InChI is InChI=1S/C13H26N2/c1-12(2,3)10-9-14(7)15(8)11(10)13(4,5)6/h9H2,1-8H3. The highest BCUT2D eigenvalue weighted by Crippen LogP contribution is 2.42. The molecular weight excluding hydrogens is 184 g/mol. The summed E-state index contributed by atoms with van der Waals surface area (Å²) in [5, 5.41) is 4.60. The molecule has 1 aliphatic heterocycles. The molecule has 0 amide bonds. The second-order valence-corrected chi connectivity index (χ2v) is 6.67. The van der Waals surface area contributed by atoms with Crippen molar-refractivity contribution in [3.05, 3.63) is 11.3 Å². The van der Waals surface area contributed by atoms with Crippen LogP contribution >= 0.6 is 0 Å². The Bertz CT molecular complexity index is 276. The van der Waals surface area contributed by atoms with Gasteiger partial charge in [0.1, 0.15) is 0 Å². The maximum atomic E-state index is 2.31. The van der Waals surface area contributed by atoms with E-state index in [1.807, 2.05) is 0 Å². The molecule has 0 saturated carbocycles. The van der Waals surface area contributed by atoms with Crippen molar-refractivity contribution in [1.82, 2.24) is 10.0 Å². The van der Waals surface area contributed by atoms with Crippen molar-refractivity contribution >= 4 is 0 Å². The third kappa shape index (κ3) is 2.36. The average Bonchev–Trinajstić information content (AvgIpc) is 2.25. The number of hydrogen-bond donors (Lipinski definition) is 0. The Labute approximate surface area is 94.9 Å². The summed E-state index contributed by atoms with van der Waals surface area (Å²) in [7, 11) is 4.32. The Balaban J connectivity index is 3.22. The lowest BCUT2D eigenvalue weighted by Gasteiger charge is -2.33. The zero-order valence-corrected chi connectivity index (χ0v) is 11.6. The van der Waals surface area contributed by atoms with Crippen LogP contribution in [-0.2, 0) is 0 Å². The van der Waals surface area contributed by atoms with Crippen LogP contribution in [0.3, 0.4) is 0 Å². The van der Waals surface area contributed by atoms with Crippen molar-refractivity contribution in [1.29, 1.82) is 0 Å². The molecule has 88 valence electrons. The largest absolute Gasteiger partial charge is 0.312 e. The van der Waals surface area contributed by atoms with E-state index >= 15 is 0 Å². The van der Waals surface area contributed by atoms with Crippen molar-refractivity contribution in [3.63, 3.8) is 0 Å². The first-order chi connectivity index (χ1) is 6.55. The van der Waals surface area contributed by atoms with Gasteiger partial charge in [0.15, 0.2) is 0 Å². The molecule has 0 atom stereocenters. The number of hydrogen-bond acceptors (Lipinski definition) is 2. The highest BCUT2D eigenvalue weighted by molar-refractivity contribution is 5.28. The smallest absolute Gasteiger partial charge is 0.0413 e. The predicted octanol–water partition coefficient (Wildman–Crippen LogP) is 3.12. The summed E-state index contributed by atoms with van der Waals surface area (Å²) in [6.45, 7) is 14.9. The highest BCUT2D eigenvalue weighted by Gasteiger charge is 2.36. The number of allylic oxidation sites excluding steroid dienone is 1. The molecule has 0 aliphatic carbocycles. The zero-order chi connectivity index (χ0) is 12.0. The third-order valence-corrected chi connectivity index (χ3v) is 3.12. The van der Waals surface area contributed by atoms with E-state index in [-0.39, 0.29) is 10.8 Å². The van der Waals surface area contributed by atoms with Crippen LogP contribution < -0.4 is 0 Å². The molecule has 1 aliphatic rings. The SMILES string of the molecule is CN1CC(C(C)(C)C)=C(C(C)(C)C)N1C.